The van der Waals surface area contributed by atoms with Crippen molar-refractivity contribution in [1.82, 2.24) is 14.1 Å². The van der Waals surface area contributed by atoms with Crippen LogP contribution in [0.25, 0.3) is 78.8 Å². The summed E-state index contributed by atoms with van der Waals surface area (Å²) in [5, 5.41) is 4.69. The van der Waals surface area contributed by atoms with E-state index in [1.807, 2.05) is 25.3 Å². The molecule has 1 aliphatic heterocycles. The van der Waals surface area contributed by atoms with Gasteiger partial charge in [0.2, 0.25) is 0 Å². The van der Waals surface area contributed by atoms with Crippen LogP contribution in [0.2, 0.25) is 0 Å². The number of hydrogen-bond donors (Lipinski definition) is 2. The zero-order valence-electron chi connectivity index (χ0n) is 31.4. The first-order valence-electron chi connectivity index (χ1n) is 19.7. The minimum atomic E-state index is -0.413. The topological polar surface area (TPSA) is 60.8 Å². The average molecular weight is 732 g/mol. The van der Waals surface area contributed by atoms with Crippen LogP contribution >= 0.6 is 0 Å². The summed E-state index contributed by atoms with van der Waals surface area (Å²) >= 11 is 0. The van der Waals surface area contributed by atoms with Gasteiger partial charge >= 0.3 is 0 Å². The fraction of sp³-hybridized carbons (Fsp3) is 0.0577. The Morgan fingerprint density at radius 2 is 1.23 bits per heavy atom. The Kier molecular flexibility index (Phi) is 6.62. The second kappa shape index (κ2) is 11.8. The third kappa shape index (κ3) is 4.20. The van der Waals surface area contributed by atoms with Crippen molar-refractivity contribution < 1.29 is 0 Å². The number of benzene rings is 6. The molecule has 0 fully saturated rings. The lowest BCUT2D eigenvalue weighted by Gasteiger charge is -2.30. The van der Waals surface area contributed by atoms with Crippen molar-refractivity contribution in [3.63, 3.8) is 0 Å². The van der Waals surface area contributed by atoms with Crippen molar-refractivity contribution in [2.75, 3.05) is 17.6 Å². The molecule has 9 aromatic rings. The molecule has 1 spiro atoms. The van der Waals surface area contributed by atoms with E-state index in [1.165, 1.54) is 44.5 Å². The van der Waals surface area contributed by atoms with Crippen LogP contribution in [0.4, 0.5) is 11.6 Å². The molecule has 5 nitrogen and oxygen atoms in total. The van der Waals surface area contributed by atoms with Crippen molar-refractivity contribution in [3.8, 4) is 44.8 Å². The lowest BCUT2D eigenvalue weighted by Crippen LogP contribution is -2.25. The number of nitrogens with zero attached hydrogens (tertiary/aromatic N) is 3. The lowest BCUT2D eigenvalue weighted by molar-refractivity contribution is 0.794. The number of aromatic nitrogens is 3. The number of pyridine rings is 1. The number of hydrogen-bond acceptors (Lipinski definition) is 3. The summed E-state index contributed by atoms with van der Waals surface area (Å²) < 4.78 is 4.52. The molecule has 0 saturated carbocycles. The van der Waals surface area contributed by atoms with Crippen LogP contribution in [0.5, 0.6) is 0 Å². The SMILES string of the molecule is C/C=C\c1c2c(n(-c3ccc(-c4ccc(-n5c6cc7c(cc6c6ncccc65)-c5ccccc5C75c6ccccc6-c6ccccc65)cc4)cc3)c1N)NCC=C2. The van der Waals surface area contributed by atoms with Crippen molar-refractivity contribution in [2.45, 2.75) is 12.3 Å². The normalized spacial score (nSPS) is 14.2. The van der Waals surface area contributed by atoms with E-state index in [-0.39, 0.29) is 0 Å². The second-order valence-corrected chi connectivity index (χ2v) is 15.3. The van der Waals surface area contributed by atoms with Gasteiger partial charge in [0.25, 0.3) is 0 Å². The quantitative estimate of drug-likeness (QED) is 0.189. The Balaban J connectivity index is 1.00. The van der Waals surface area contributed by atoms with Crippen molar-refractivity contribution in [3.05, 3.63) is 197 Å². The van der Waals surface area contributed by atoms with Gasteiger partial charge in [0.1, 0.15) is 11.6 Å². The van der Waals surface area contributed by atoms with Crippen LogP contribution in [0.3, 0.4) is 0 Å². The Hall–Kier alpha value is -7.37. The van der Waals surface area contributed by atoms with E-state index < -0.39 is 5.41 Å². The molecular weight excluding hydrogens is 695 g/mol. The maximum Gasteiger partial charge on any atom is 0.120 e. The number of nitrogens with one attached hydrogen (secondary N) is 1. The fourth-order valence-corrected chi connectivity index (χ4v) is 10.2. The molecule has 0 bridgehead atoms. The van der Waals surface area contributed by atoms with E-state index in [2.05, 4.69) is 172 Å². The molecule has 4 heterocycles. The summed E-state index contributed by atoms with van der Waals surface area (Å²) in [6.45, 7) is 2.80. The van der Waals surface area contributed by atoms with Crippen molar-refractivity contribution in [2.24, 2.45) is 0 Å². The molecule has 3 N–H and O–H groups in total. The van der Waals surface area contributed by atoms with Crippen LogP contribution < -0.4 is 11.1 Å². The van der Waals surface area contributed by atoms with Crippen LogP contribution in [0, 0.1) is 0 Å². The highest BCUT2D eigenvalue weighted by molar-refractivity contribution is 6.11. The highest BCUT2D eigenvalue weighted by Gasteiger charge is 2.51. The molecule has 5 heteroatoms. The van der Waals surface area contributed by atoms with Gasteiger partial charge in [-0.25, -0.2) is 0 Å². The molecule has 2 aliphatic carbocycles. The van der Waals surface area contributed by atoms with E-state index in [1.54, 1.807) is 0 Å². The van der Waals surface area contributed by atoms with Crippen LogP contribution in [-0.4, -0.2) is 20.7 Å². The molecule has 57 heavy (non-hydrogen) atoms. The minimum absolute atomic E-state index is 0.413. The van der Waals surface area contributed by atoms with E-state index in [0.29, 0.717) is 0 Å². The molecule has 3 aliphatic rings. The van der Waals surface area contributed by atoms with E-state index in [9.17, 15) is 0 Å². The van der Waals surface area contributed by atoms with Gasteiger partial charge in [-0.1, -0.05) is 121 Å². The second-order valence-electron chi connectivity index (χ2n) is 15.3. The summed E-state index contributed by atoms with van der Waals surface area (Å²) in [7, 11) is 0. The largest absolute Gasteiger partial charge is 0.384 e. The summed E-state index contributed by atoms with van der Waals surface area (Å²) in [5.41, 5.74) is 26.7. The average Bonchev–Trinajstić information content (AvgIpc) is 3.95. The van der Waals surface area contributed by atoms with Gasteiger partial charge in [-0.2, -0.15) is 0 Å². The first-order valence-corrected chi connectivity index (χ1v) is 19.7. The van der Waals surface area contributed by atoms with Crippen molar-refractivity contribution in [1.29, 1.82) is 0 Å². The maximum absolute atomic E-state index is 6.75. The monoisotopic (exact) mass is 731 g/mol. The zero-order chi connectivity index (χ0) is 37.8. The summed E-state index contributed by atoms with van der Waals surface area (Å²) in [6.07, 6.45) is 10.3. The van der Waals surface area contributed by atoms with Gasteiger partial charge in [-0.15, -0.1) is 0 Å². The number of rotatable bonds is 4. The molecule has 0 atom stereocenters. The van der Waals surface area contributed by atoms with E-state index in [4.69, 9.17) is 10.7 Å². The molecular formula is C52H37N5. The van der Waals surface area contributed by atoms with Crippen LogP contribution in [0.1, 0.15) is 40.3 Å². The standard InChI is InChI=1S/C52H37N5/c1-2-11-39-40-15-9-29-55-51(40)57(50(39)53)35-26-22-33(23-27-35)32-20-24-34(25-21-32)56-47-19-10-28-54-49(47)42-30-41-38-14-5-8-18-45(38)52(46(41)31-48(42)56)43-16-6-3-12-36(43)37-13-4-7-17-44(37)52/h2-28,30-31,55H,29,53H2,1H3/b11-2-. The molecule has 12 rings (SSSR count). The molecule has 270 valence electrons. The number of nitrogen functional groups attached to an aromatic ring is 1. The fourth-order valence-electron chi connectivity index (χ4n) is 10.2. The Morgan fingerprint density at radius 3 is 1.86 bits per heavy atom. The van der Waals surface area contributed by atoms with Gasteiger partial charge in [-0.05, 0) is 111 Å². The lowest BCUT2D eigenvalue weighted by atomic mass is 9.70. The number of fused-ring (bicyclic) bond motifs is 14. The van der Waals surface area contributed by atoms with Gasteiger partial charge in [0.05, 0.1) is 22.0 Å². The third-order valence-electron chi connectivity index (χ3n) is 12.5. The van der Waals surface area contributed by atoms with Gasteiger partial charge in [0, 0.05) is 40.6 Å². The van der Waals surface area contributed by atoms with Gasteiger partial charge in [-0.3, -0.25) is 9.55 Å². The highest BCUT2D eigenvalue weighted by Crippen LogP contribution is 2.63. The zero-order valence-corrected chi connectivity index (χ0v) is 31.4. The van der Waals surface area contributed by atoms with Crippen LogP contribution in [0.15, 0.2) is 164 Å². The third-order valence-corrected chi connectivity index (χ3v) is 12.5. The summed E-state index contributed by atoms with van der Waals surface area (Å²) in [6, 6.07) is 53.7. The molecule has 0 saturated heterocycles. The molecule has 0 amide bonds. The van der Waals surface area contributed by atoms with Gasteiger partial charge in [0.15, 0.2) is 0 Å². The van der Waals surface area contributed by atoms with E-state index >= 15 is 0 Å². The number of anilines is 2. The van der Waals surface area contributed by atoms with Gasteiger partial charge < -0.3 is 15.6 Å². The first kappa shape index (κ1) is 31.9. The minimum Gasteiger partial charge on any atom is -0.384 e. The smallest absolute Gasteiger partial charge is 0.120 e. The number of nitrogens with two attached hydrogens (primary N) is 1. The Morgan fingerprint density at radius 1 is 0.632 bits per heavy atom. The van der Waals surface area contributed by atoms with E-state index in [0.717, 1.165) is 73.7 Å². The predicted octanol–water partition coefficient (Wildman–Crippen LogP) is 12.0. The number of allylic oxidation sites excluding steroid dienone is 1. The van der Waals surface area contributed by atoms with Crippen LogP contribution in [-0.2, 0) is 5.41 Å². The molecule has 6 aromatic carbocycles. The Labute approximate surface area is 330 Å². The maximum atomic E-state index is 6.75. The molecule has 0 unspecified atom stereocenters. The Bertz CT molecular complexity index is 3150. The highest BCUT2D eigenvalue weighted by atomic mass is 15.2. The summed E-state index contributed by atoms with van der Waals surface area (Å²) in [4.78, 5) is 5.00. The van der Waals surface area contributed by atoms with Crippen molar-refractivity contribution >= 4 is 45.7 Å². The predicted molar refractivity (Wildman–Crippen MR) is 236 cm³/mol. The first-order chi connectivity index (χ1) is 28.2. The molecule has 3 aromatic heterocycles. The summed E-state index contributed by atoms with van der Waals surface area (Å²) in [5.74, 6) is 1.76. The molecule has 0 radical (unpaired) electrons.